The molecule has 2 rings (SSSR count). The molecule has 0 amide bonds. The fraction of sp³-hybridized carbons (Fsp3) is 0.429. The third kappa shape index (κ3) is 3.83. The van der Waals surface area contributed by atoms with Gasteiger partial charge in [0.15, 0.2) is 0 Å². The average Bonchev–Trinajstić information content (AvgIpc) is 2.80. The molecule has 2 aromatic rings. The summed E-state index contributed by atoms with van der Waals surface area (Å²) in [5.41, 5.74) is 2.38. The molecule has 0 atom stereocenters. The molecule has 0 N–H and O–H groups in total. The van der Waals surface area contributed by atoms with Gasteiger partial charge in [0.25, 0.3) is 14.2 Å². The van der Waals surface area contributed by atoms with E-state index in [9.17, 15) is 8.42 Å². The third-order valence-electron chi connectivity index (χ3n) is 3.19. The van der Waals surface area contributed by atoms with Crippen LogP contribution < -0.4 is 0 Å². The molecule has 0 aliphatic carbocycles. The molecule has 1 heterocycles. The van der Waals surface area contributed by atoms with Crippen molar-refractivity contribution in [2.24, 2.45) is 0 Å². The summed E-state index contributed by atoms with van der Waals surface area (Å²) in [6.45, 7) is 5.80. The molecule has 7 heteroatoms. The van der Waals surface area contributed by atoms with Crippen molar-refractivity contribution in [1.82, 2.24) is 14.8 Å². The number of rotatable bonds is 5. The monoisotopic (exact) mass is 327 g/mol. The van der Waals surface area contributed by atoms with E-state index < -0.39 is 9.05 Å². The minimum absolute atomic E-state index is 0.0731. The van der Waals surface area contributed by atoms with Crippen molar-refractivity contribution in [3.63, 3.8) is 0 Å². The van der Waals surface area contributed by atoms with Gasteiger partial charge in [0.1, 0.15) is 5.82 Å². The van der Waals surface area contributed by atoms with Crippen LogP contribution in [0.5, 0.6) is 0 Å². The Kier molecular flexibility index (Phi) is 4.68. The van der Waals surface area contributed by atoms with Crippen molar-refractivity contribution in [2.45, 2.75) is 44.8 Å². The average molecular weight is 328 g/mol. The molecule has 1 aromatic carbocycles. The van der Waals surface area contributed by atoms with Crippen LogP contribution in [0.1, 0.15) is 36.8 Å². The molecule has 1 aromatic heterocycles. The molecule has 0 bridgehead atoms. The summed E-state index contributed by atoms with van der Waals surface area (Å²) in [7, 11) is 1.52. The Morgan fingerprint density at radius 3 is 2.52 bits per heavy atom. The smallest absolute Gasteiger partial charge is 0.296 e. The predicted molar refractivity (Wildman–Crippen MR) is 82.0 cm³/mol. The van der Waals surface area contributed by atoms with Gasteiger partial charge in [-0.2, -0.15) is 0 Å². The van der Waals surface area contributed by atoms with E-state index in [4.69, 9.17) is 10.7 Å². The first kappa shape index (κ1) is 16.0. The highest BCUT2D eigenvalue weighted by molar-refractivity contribution is 8.13. The van der Waals surface area contributed by atoms with E-state index in [-0.39, 0.29) is 11.2 Å². The molecular formula is C14H18ClN3O2S. The largest absolute Gasteiger partial charge is 0.298 e. The first-order chi connectivity index (χ1) is 9.79. The Balaban J connectivity index is 2.27. The fourth-order valence-corrected chi connectivity index (χ4v) is 3.29. The standard InChI is InChI=1S/C14H18ClN3O2S/c1-10(2)18-13(16-17-14(18)21(15,19)20)8-7-12-6-4-5-11(3)9-12/h4-6,9-10H,7-8H2,1-3H3. The molecule has 0 aliphatic rings. The molecule has 21 heavy (non-hydrogen) atoms. The Hall–Kier alpha value is -1.40. The first-order valence-corrected chi connectivity index (χ1v) is 9.04. The van der Waals surface area contributed by atoms with Gasteiger partial charge in [0.2, 0.25) is 0 Å². The van der Waals surface area contributed by atoms with E-state index in [1.165, 1.54) is 11.1 Å². The van der Waals surface area contributed by atoms with Crippen LogP contribution in [0.15, 0.2) is 29.4 Å². The van der Waals surface area contributed by atoms with Crippen LogP contribution in [-0.4, -0.2) is 23.2 Å². The maximum absolute atomic E-state index is 11.5. The molecule has 0 unspecified atom stereocenters. The van der Waals surface area contributed by atoms with Crippen molar-refractivity contribution in [2.75, 3.05) is 0 Å². The SMILES string of the molecule is Cc1cccc(CCc2nnc(S(=O)(=O)Cl)n2C(C)C)c1. The molecule has 5 nitrogen and oxygen atoms in total. The molecule has 0 spiro atoms. The zero-order valence-electron chi connectivity index (χ0n) is 12.2. The van der Waals surface area contributed by atoms with E-state index in [1.54, 1.807) is 4.57 Å². The molecular weight excluding hydrogens is 310 g/mol. The molecule has 114 valence electrons. The number of nitrogens with zero attached hydrogens (tertiary/aromatic N) is 3. The molecule has 0 fully saturated rings. The number of hydrogen-bond donors (Lipinski definition) is 0. The van der Waals surface area contributed by atoms with Crippen LogP contribution in [0.4, 0.5) is 0 Å². The van der Waals surface area contributed by atoms with Crippen molar-refractivity contribution in [3.05, 3.63) is 41.2 Å². The molecule has 0 saturated heterocycles. The van der Waals surface area contributed by atoms with Crippen molar-refractivity contribution in [3.8, 4) is 0 Å². The Morgan fingerprint density at radius 1 is 1.24 bits per heavy atom. The maximum Gasteiger partial charge on any atom is 0.296 e. The van der Waals surface area contributed by atoms with Crippen LogP contribution >= 0.6 is 10.7 Å². The topological polar surface area (TPSA) is 64.8 Å². The van der Waals surface area contributed by atoms with Gasteiger partial charge in [-0.1, -0.05) is 29.8 Å². The maximum atomic E-state index is 11.5. The Morgan fingerprint density at radius 2 is 1.95 bits per heavy atom. The third-order valence-corrected chi connectivity index (χ3v) is 4.32. The number of halogens is 1. The van der Waals surface area contributed by atoms with Gasteiger partial charge in [-0.25, -0.2) is 8.42 Å². The van der Waals surface area contributed by atoms with E-state index in [0.29, 0.717) is 12.2 Å². The van der Waals surface area contributed by atoms with Gasteiger partial charge in [0.05, 0.1) is 0 Å². The van der Waals surface area contributed by atoms with Gasteiger partial charge in [-0.05, 0) is 32.8 Å². The molecule has 0 saturated carbocycles. The van der Waals surface area contributed by atoms with Crippen LogP contribution in [0, 0.1) is 6.92 Å². The fourth-order valence-electron chi connectivity index (χ4n) is 2.29. The summed E-state index contributed by atoms with van der Waals surface area (Å²) < 4.78 is 24.6. The molecule has 0 radical (unpaired) electrons. The highest BCUT2D eigenvalue weighted by atomic mass is 35.7. The minimum atomic E-state index is -3.89. The lowest BCUT2D eigenvalue weighted by molar-refractivity contribution is 0.507. The summed E-state index contributed by atoms with van der Waals surface area (Å²) in [6, 6.07) is 8.12. The van der Waals surface area contributed by atoms with Gasteiger partial charge >= 0.3 is 0 Å². The number of benzene rings is 1. The summed E-state index contributed by atoms with van der Waals surface area (Å²) >= 11 is 0. The van der Waals surface area contributed by atoms with Crippen molar-refractivity contribution >= 4 is 19.7 Å². The van der Waals surface area contributed by atoms with Gasteiger partial charge in [0, 0.05) is 23.1 Å². The Labute approximate surface area is 129 Å². The predicted octanol–water partition coefficient (Wildman–Crippen LogP) is 2.88. The summed E-state index contributed by atoms with van der Waals surface area (Å²) in [6.07, 6.45) is 1.38. The quantitative estimate of drug-likeness (QED) is 0.792. The highest BCUT2D eigenvalue weighted by Gasteiger charge is 2.23. The lowest BCUT2D eigenvalue weighted by Crippen LogP contribution is -2.12. The summed E-state index contributed by atoms with van der Waals surface area (Å²) in [5.74, 6) is 0.630. The molecule has 0 aliphatic heterocycles. The second-order valence-corrected chi connectivity index (χ2v) is 7.75. The summed E-state index contributed by atoms with van der Waals surface area (Å²) in [5, 5.41) is 7.54. The lowest BCUT2D eigenvalue weighted by atomic mass is 10.1. The Bertz CT molecular complexity index is 738. The van der Waals surface area contributed by atoms with Crippen LogP contribution in [0.25, 0.3) is 0 Å². The number of hydrogen-bond acceptors (Lipinski definition) is 4. The van der Waals surface area contributed by atoms with Gasteiger partial charge in [-0.3, -0.25) is 4.57 Å². The van der Waals surface area contributed by atoms with Crippen LogP contribution in [-0.2, 0) is 21.9 Å². The minimum Gasteiger partial charge on any atom is -0.298 e. The second kappa shape index (κ2) is 6.15. The van der Waals surface area contributed by atoms with Crippen LogP contribution in [0.2, 0.25) is 0 Å². The first-order valence-electron chi connectivity index (χ1n) is 6.73. The van der Waals surface area contributed by atoms with E-state index >= 15 is 0 Å². The zero-order chi connectivity index (χ0) is 15.6. The van der Waals surface area contributed by atoms with E-state index in [1.807, 2.05) is 39.0 Å². The van der Waals surface area contributed by atoms with Gasteiger partial charge < -0.3 is 0 Å². The highest BCUT2D eigenvalue weighted by Crippen LogP contribution is 2.20. The lowest BCUT2D eigenvalue weighted by Gasteiger charge is -2.12. The number of aromatic nitrogens is 3. The zero-order valence-corrected chi connectivity index (χ0v) is 13.8. The van der Waals surface area contributed by atoms with Crippen molar-refractivity contribution < 1.29 is 8.42 Å². The normalized spacial score (nSPS) is 12.0. The van der Waals surface area contributed by atoms with Crippen LogP contribution in [0.3, 0.4) is 0 Å². The van der Waals surface area contributed by atoms with Gasteiger partial charge in [-0.15, -0.1) is 10.2 Å². The van der Waals surface area contributed by atoms with E-state index in [2.05, 4.69) is 16.3 Å². The van der Waals surface area contributed by atoms with Crippen molar-refractivity contribution in [1.29, 1.82) is 0 Å². The second-order valence-electron chi connectivity index (χ2n) is 5.29. The number of aryl methyl sites for hydroxylation is 3. The summed E-state index contributed by atoms with van der Waals surface area (Å²) in [4.78, 5) is 0. The van der Waals surface area contributed by atoms with E-state index in [0.717, 1.165) is 6.42 Å².